The standard InChI is InChI=1S/C19H20BN3O3/c1-12-7-8-15-16(10-12)22-18(21-15)17-6-3-9-23(17)19(24)13-4-2-5-14(11-13)20(25)26/h2,4-5,7-8,10-11,17,25-26H,3,6,9H2,1H3,(H,21,22). The smallest absolute Gasteiger partial charge is 0.423 e. The summed E-state index contributed by atoms with van der Waals surface area (Å²) in [4.78, 5) is 22.8. The molecule has 1 atom stereocenters. The fourth-order valence-corrected chi connectivity index (χ4v) is 3.59. The molecule has 132 valence electrons. The van der Waals surface area contributed by atoms with Crippen molar-refractivity contribution in [1.82, 2.24) is 14.9 Å². The Morgan fingerprint density at radius 2 is 2.12 bits per heavy atom. The first kappa shape index (κ1) is 16.8. The van der Waals surface area contributed by atoms with Crippen LogP contribution in [0.2, 0.25) is 0 Å². The van der Waals surface area contributed by atoms with Crippen molar-refractivity contribution in [3.8, 4) is 0 Å². The van der Waals surface area contributed by atoms with E-state index in [9.17, 15) is 14.8 Å². The Kier molecular flexibility index (Phi) is 4.26. The topological polar surface area (TPSA) is 89.5 Å². The van der Waals surface area contributed by atoms with Crippen LogP contribution in [0.4, 0.5) is 0 Å². The second-order valence-corrected chi connectivity index (χ2v) is 6.80. The van der Waals surface area contributed by atoms with Crippen LogP contribution in [-0.2, 0) is 0 Å². The van der Waals surface area contributed by atoms with Crippen LogP contribution >= 0.6 is 0 Å². The van der Waals surface area contributed by atoms with Gasteiger partial charge in [0.2, 0.25) is 0 Å². The van der Waals surface area contributed by atoms with Gasteiger partial charge in [0.15, 0.2) is 0 Å². The molecule has 1 aromatic heterocycles. The fourth-order valence-electron chi connectivity index (χ4n) is 3.59. The van der Waals surface area contributed by atoms with Crippen molar-refractivity contribution >= 4 is 29.5 Å². The van der Waals surface area contributed by atoms with E-state index in [1.165, 1.54) is 6.07 Å². The Morgan fingerprint density at radius 1 is 1.27 bits per heavy atom. The molecule has 26 heavy (non-hydrogen) atoms. The largest absolute Gasteiger partial charge is 0.488 e. The Bertz CT molecular complexity index is 970. The summed E-state index contributed by atoms with van der Waals surface area (Å²) in [6.45, 7) is 2.69. The van der Waals surface area contributed by atoms with Gasteiger partial charge in [0.05, 0.1) is 17.1 Å². The Balaban J connectivity index is 1.65. The average Bonchev–Trinajstić information content (AvgIpc) is 3.27. The molecule has 4 rings (SSSR count). The van der Waals surface area contributed by atoms with Crippen molar-refractivity contribution in [3.05, 3.63) is 59.4 Å². The lowest BCUT2D eigenvalue weighted by Crippen LogP contribution is -2.34. The number of aryl methyl sites for hydroxylation is 1. The highest BCUT2D eigenvalue weighted by Gasteiger charge is 2.33. The van der Waals surface area contributed by atoms with Gasteiger partial charge in [-0.25, -0.2) is 4.98 Å². The van der Waals surface area contributed by atoms with Gasteiger partial charge in [-0.1, -0.05) is 18.2 Å². The third-order valence-electron chi connectivity index (χ3n) is 4.92. The number of amides is 1. The number of rotatable bonds is 3. The van der Waals surface area contributed by atoms with Crippen LogP contribution in [0.5, 0.6) is 0 Å². The lowest BCUT2D eigenvalue weighted by atomic mass is 9.79. The monoisotopic (exact) mass is 349 g/mol. The Labute approximate surface area is 151 Å². The number of imidazole rings is 1. The predicted molar refractivity (Wildman–Crippen MR) is 100 cm³/mol. The molecule has 1 saturated heterocycles. The fraction of sp³-hybridized carbons (Fsp3) is 0.263. The second-order valence-electron chi connectivity index (χ2n) is 6.80. The summed E-state index contributed by atoms with van der Waals surface area (Å²) in [7, 11) is -1.59. The molecule has 7 heteroatoms. The van der Waals surface area contributed by atoms with Gasteiger partial charge in [-0.3, -0.25) is 4.79 Å². The summed E-state index contributed by atoms with van der Waals surface area (Å²) in [5.41, 5.74) is 3.80. The number of H-pyrrole nitrogens is 1. The zero-order chi connectivity index (χ0) is 18.3. The highest BCUT2D eigenvalue weighted by atomic mass is 16.4. The van der Waals surface area contributed by atoms with Gasteiger partial charge < -0.3 is 19.9 Å². The minimum atomic E-state index is -1.59. The molecule has 3 N–H and O–H groups in total. The van der Waals surface area contributed by atoms with Gasteiger partial charge >= 0.3 is 7.12 Å². The van der Waals surface area contributed by atoms with Crippen LogP contribution in [0.3, 0.4) is 0 Å². The normalized spacial score (nSPS) is 17.0. The highest BCUT2D eigenvalue weighted by Crippen LogP contribution is 2.32. The van der Waals surface area contributed by atoms with Crippen LogP contribution in [0.15, 0.2) is 42.5 Å². The van der Waals surface area contributed by atoms with E-state index in [2.05, 4.69) is 16.0 Å². The number of aromatic nitrogens is 2. The van der Waals surface area contributed by atoms with E-state index in [4.69, 9.17) is 0 Å². The molecule has 1 amide bonds. The van der Waals surface area contributed by atoms with Crippen LogP contribution in [0.1, 0.15) is 40.6 Å². The van der Waals surface area contributed by atoms with E-state index in [0.29, 0.717) is 17.6 Å². The summed E-state index contributed by atoms with van der Waals surface area (Å²) in [5, 5.41) is 18.7. The maximum Gasteiger partial charge on any atom is 0.488 e. The molecule has 2 heterocycles. The maximum absolute atomic E-state index is 13.0. The first-order valence-corrected chi connectivity index (χ1v) is 8.76. The highest BCUT2D eigenvalue weighted by molar-refractivity contribution is 6.58. The third-order valence-corrected chi connectivity index (χ3v) is 4.92. The molecule has 1 unspecified atom stereocenters. The Hall–Kier alpha value is -2.64. The number of hydrogen-bond donors (Lipinski definition) is 3. The molecule has 3 aromatic rings. The summed E-state index contributed by atoms with van der Waals surface area (Å²) in [5.74, 6) is 0.682. The first-order valence-electron chi connectivity index (χ1n) is 8.76. The molecule has 1 aliphatic rings. The van der Waals surface area contributed by atoms with Crippen LogP contribution in [0, 0.1) is 6.92 Å². The van der Waals surface area contributed by atoms with E-state index in [0.717, 1.165) is 35.3 Å². The number of benzene rings is 2. The summed E-state index contributed by atoms with van der Waals surface area (Å²) >= 11 is 0. The summed E-state index contributed by atoms with van der Waals surface area (Å²) in [6, 6.07) is 12.4. The van der Waals surface area contributed by atoms with Crippen molar-refractivity contribution in [2.75, 3.05) is 6.54 Å². The molecule has 1 aliphatic heterocycles. The van der Waals surface area contributed by atoms with E-state index < -0.39 is 7.12 Å². The van der Waals surface area contributed by atoms with E-state index >= 15 is 0 Å². The van der Waals surface area contributed by atoms with Gasteiger partial charge in [-0.15, -0.1) is 0 Å². The van der Waals surface area contributed by atoms with Gasteiger partial charge in [0.25, 0.3) is 5.91 Å². The van der Waals surface area contributed by atoms with Crippen molar-refractivity contribution < 1.29 is 14.8 Å². The molecule has 0 radical (unpaired) electrons. The SMILES string of the molecule is Cc1ccc2nc(C3CCCN3C(=O)c3cccc(B(O)O)c3)[nH]c2c1. The van der Waals surface area contributed by atoms with Crippen molar-refractivity contribution in [3.63, 3.8) is 0 Å². The molecule has 0 aliphatic carbocycles. The van der Waals surface area contributed by atoms with Crippen LogP contribution < -0.4 is 5.46 Å². The zero-order valence-corrected chi connectivity index (χ0v) is 14.5. The number of carbonyl (C=O) groups is 1. The van der Waals surface area contributed by atoms with Crippen molar-refractivity contribution in [2.45, 2.75) is 25.8 Å². The van der Waals surface area contributed by atoms with Gasteiger partial charge in [-0.05, 0) is 55.1 Å². The number of nitrogens with zero attached hydrogens (tertiary/aromatic N) is 2. The molecule has 0 bridgehead atoms. The van der Waals surface area contributed by atoms with Gasteiger partial charge in [0, 0.05) is 12.1 Å². The van der Waals surface area contributed by atoms with Crippen LogP contribution in [-0.4, -0.2) is 44.5 Å². The first-order chi connectivity index (χ1) is 12.5. The number of fused-ring (bicyclic) bond motifs is 1. The van der Waals surface area contributed by atoms with Crippen molar-refractivity contribution in [2.24, 2.45) is 0 Å². The zero-order valence-electron chi connectivity index (χ0n) is 14.5. The van der Waals surface area contributed by atoms with E-state index in [1.807, 2.05) is 24.0 Å². The number of aromatic amines is 1. The molecule has 1 fully saturated rings. The van der Waals surface area contributed by atoms with Gasteiger partial charge in [-0.2, -0.15) is 0 Å². The predicted octanol–water partition coefficient (Wildman–Crippen LogP) is 1.53. The Morgan fingerprint density at radius 3 is 2.92 bits per heavy atom. The summed E-state index contributed by atoms with van der Waals surface area (Å²) < 4.78 is 0. The number of carbonyl (C=O) groups excluding carboxylic acids is 1. The third kappa shape index (κ3) is 3.00. The number of hydrogen-bond acceptors (Lipinski definition) is 4. The lowest BCUT2D eigenvalue weighted by molar-refractivity contribution is 0.0730. The molecular formula is C19H20BN3O3. The average molecular weight is 349 g/mol. The number of nitrogens with one attached hydrogen (secondary N) is 1. The molecular weight excluding hydrogens is 329 g/mol. The molecule has 0 saturated carbocycles. The maximum atomic E-state index is 13.0. The number of likely N-dealkylation sites (tertiary alicyclic amines) is 1. The van der Waals surface area contributed by atoms with Gasteiger partial charge in [0.1, 0.15) is 5.82 Å². The second kappa shape index (κ2) is 6.59. The molecule has 0 spiro atoms. The summed E-state index contributed by atoms with van der Waals surface area (Å²) in [6.07, 6.45) is 1.77. The van der Waals surface area contributed by atoms with Crippen molar-refractivity contribution in [1.29, 1.82) is 0 Å². The lowest BCUT2D eigenvalue weighted by Gasteiger charge is -2.23. The quantitative estimate of drug-likeness (QED) is 0.626. The van der Waals surface area contributed by atoms with Crippen LogP contribution in [0.25, 0.3) is 11.0 Å². The molecule has 2 aromatic carbocycles. The minimum Gasteiger partial charge on any atom is -0.423 e. The van der Waals surface area contributed by atoms with E-state index in [-0.39, 0.29) is 11.9 Å². The van der Waals surface area contributed by atoms with E-state index in [1.54, 1.807) is 18.2 Å². The molecule has 6 nitrogen and oxygen atoms in total. The minimum absolute atomic E-state index is 0.0992.